The molecule has 0 radical (unpaired) electrons. The Morgan fingerprint density at radius 2 is 2.38 bits per heavy atom. The summed E-state index contributed by atoms with van der Waals surface area (Å²) in [4.78, 5) is 9.16. The van der Waals surface area contributed by atoms with Crippen LogP contribution in [0, 0.1) is 5.92 Å². The Balaban J connectivity index is 1.82. The maximum atomic E-state index is 12.2. The van der Waals surface area contributed by atoms with Crippen molar-refractivity contribution >= 4 is 10.0 Å². The van der Waals surface area contributed by atoms with E-state index in [4.69, 9.17) is 4.74 Å². The zero-order valence-corrected chi connectivity index (χ0v) is 13.4. The monoisotopic (exact) mass is 316 g/mol. The van der Waals surface area contributed by atoms with E-state index >= 15 is 0 Å². The van der Waals surface area contributed by atoms with Gasteiger partial charge in [-0.1, -0.05) is 6.92 Å². The quantitative estimate of drug-likeness (QED) is 0.716. The lowest BCUT2D eigenvalue weighted by molar-refractivity contribution is 0.159. The highest BCUT2D eigenvalue weighted by Gasteiger charge is 2.24. The molecule has 2 N–H and O–H groups in total. The number of rotatable bonds is 8. The van der Waals surface area contributed by atoms with E-state index in [9.17, 15) is 8.42 Å². The first-order valence-corrected chi connectivity index (χ1v) is 8.78. The van der Waals surface area contributed by atoms with Crippen LogP contribution in [0.5, 0.6) is 0 Å². The Morgan fingerprint density at radius 1 is 1.57 bits per heavy atom. The van der Waals surface area contributed by atoms with Crippen LogP contribution in [0.25, 0.3) is 0 Å². The minimum atomic E-state index is -3.48. The van der Waals surface area contributed by atoms with Crippen LogP contribution in [0.3, 0.4) is 0 Å². The summed E-state index contributed by atoms with van der Waals surface area (Å²) in [5, 5.41) is 0.147. The molecule has 1 saturated heterocycles. The molecule has 21 heavy (non-hydrogen) atoms. The predicted molar refractivity (Wildman–Crippen MR) is 79.6 cm³/mol. The van der Waals surface area contributed by atoms with Crippen molar-refractivity contribution in [3.8, 4) is 0 Å². The van der Waals surface area contributed by atoms with Gasteiger partial charge in [-0.15, -0.1) is 0 Å². The number of aromatic nitrogens is 2. The number of imidazole rings is 1. The number of aryl methyl sites for hydroxylation is 1. The number of ether oxygens (including phenoxy) is 1. The van der Waals surface area contributed by atoms with E-state index in [2.05, 4.69) is 19.6 Å². The molecule has 8 heteroatoms. The third-order valence-electron chi connectivity index (χ3n) is 3.77. The molecule has 2 rings (SSSR count). The summed E-state index contributed by atoms with van der Waals surface area (Å²) in [5.41, 5.74) is 0. The number of aromatic amines is 1. The van der Waals surface area contributed by atoms with Crippen molar-refractivity contribution in [2.24, 2.45) is 5.92 Å². The Bertz CT molecular complexity index is 543. The molecule has 1 aromatic heterocycles. The van der Waals surface area contributed by atoms with E-state index in [0.717, 1.165) is 26.1 Å². The van der Waals surface area contributed by atoms with Gasteiger partial charge < -0.3 is 14.6 Å². The molecular formula is C13H24N4O3S. The molecule has 0 aliphatic carbocycles. The average Bonchev–Trinajstić information content (AvgIpc) is 3.12. The van der Waals surface area contributed by atoms with Gasteiger partial charge in [0.2, 0.25) is 0 Å². The summed E-state index contributed by atoms with van der Waals surface area (Å²) >= 11 is 0. The van der Waals surface area contributed by atoms with E-state index in [1.807, 2.05) is 6.92 Å². The number of methoxy groups -OCH3 is 1. The summed E-state index contributed by atoms with van der Waals surface area (Å²) in [5.74, 6) is 1.03. The molecule has 7 nitrogen and oxygen atoms in total. The van der Waals surface area contributed by atoms with Gasteiger partial charge >= 0.3 is 0 Å². The highest BCUT2D eigenvalue weighted by Crippen LogP contribution is 2.16. The van der Waals surface area contributed by atoms with Crippen molar-refractivity contribution < 1.29 is 13.2 Å². The van der Waals surface area contributed by atoms with Crippen molar-refractivity contribution in [2.45, 2.75) is 24.8 Å². The Labute approximate surface area is 126 Å². The molecular weight excluding hydrogens is 292 g/mol. The lowest BCUT2D eigenvalue weighted by atomic mass is 10.1. The van der Waals surface area contributed by atoms with Crippen LogP contribution in [0.2, 0.25) is 0 Å². The first kappa shape index (κ1) is 16.4. The lowest BCUT2D eigenvalue weighted by Crippen LogP contribution is -2.32. The number of nitrogens with zero attached hydrogens (tertiary/aromatic N) is 2. The first-order valence-electron chi connectivity index (χ1n) is 7.30. The van der Waals surface area contributed by atoms with Gasteiger partial charge in [-0.25, -0.2) is 18.1 Å². The highest BCUT2D eigenvalue weighted by atomic mass is 32.2. The summed E-state index contributed by atoms with van der Waals surface area (Å²) in [7, 11) is -1.79. The molecule has 1 aliphatic heterocycles. The third kappa shape index (κ3) is 4.50. The van der Waals surface area contributed by atoms with Crippen LogP contribution in [-0.4, -0.2) is 63.2 Å². The van der Waals surface area contributed by atoms with Crippen LogP contribution in [0.15, 0.2) is 11.2 Å². The Morgan fingerprint density at radius 3 is 3.05 bits per heavy atom. The van der Waals surface area contributed by atoms with Crippen molar-refractivity contribution in [1.82, 2.24) is 19.6 Å². The molecule has 1 fully saturated rings. The first-order chi connectivity index (χ1) is 10.0. The molecule has 1 aliphatic rings. The van der Waals surface area contributed by atoms with Gasteiger partial charge in [-0.05, 0) is 18.9 Å². The number of likely N-dealkylation sites (tertiary alicyclic amines) is 1. The van der Waals surface area contributed by atoms with Gasteiger partial charge in [0, 0.05) is 33.2 Å². The summed E-state index contributed by atoms with van der Waals surface area (Å²) < 4.78 is 32.0. The summed E-state index contributed by atoms with van der Waals surface area (Å²) in [6.45, 7) is 5.92. The molecule has 2 heterocycles. The second kappa shape index (κ2) is 7.35. The second-order valence-corrected chi connectivity index (χ2v) is 7.08. The molecule has 0 saturated carbocycles. The molecule has 0 unspecified atom stereocenters. The van der Waals surface area contributed by atoms with Crippen molar-refractivity contribution in [2.75, 3.05) is 39.9 Å². The lowest BCUT2D eigenvalue weighted by Gasteiger charge is -2.15. The van der Waals surface area contributed by atoms with Gasteiger partial charge in [-0.3, -0.25) is 0 Å². The fraction of sp³-hybridized carbons (Fsp3) is 0.769. The third-order valence-corrected chi connectivity index (χ3v) is 5.11. The largest absolute Gasteiger partial charge is 0.383 e. The van der Waals surface area contributed by atoms with Crippen LogP contribution in [0.4, 0.5) is 0 Å². The zero-order valence-electron chi connectivity index (χ0n) is 12.6. The maximum Gasteiger partial charge on any atom is 0.257 e. The van der Waals surface area contributed by atoms with Gasteiger partial charge in [-0.2, -0.15) is 0 Å². The van der Waals surface area contributed by atoms with Crippen molar-refractivity contribution in [3.63, 3.8) is 0 Å². The van der Waals surface area contributed by atoms with E-state index in [1.165, 1.54) is 6.20 Å². The summed E-state index contributed by atoms with van der Waals surface area (Å²) in [6, 6.07) is 0. The van der Waals surface area contributed by atoms with Crippen LogP contribution >= 0.6 is 0 Å². The van der Waals surface area contributed by atoms with E-state index < -0.39 is 10.0 Å². The number of hydrogen-bond donors (Lipinski definition) is 2. The Hall–Kier alpha value is -0.960. The van der Waals surface area contributed by atoms with E-state index in [1.54, 1.807) is 7.11 Å². The molecule has 0 amide bonds. The normalized spacial score (nSPS) is 20.2. The van der Waals surface area contributed by atoms with Gasteiger partial charge in [0.1, 0.15) is 5.82 Å². The Kier molecular flexibility index (Phi) is 5.74. The predicted octanol–water partition coefficient (Wildman–Crippen LogP) is 0.219. The molecule has 0 bridgehead atoms. The summed E-state index contributed by atoms with van der Waals surface area (Å²) in [6.07, 6.45) is 3.07. The topological polar surface area (TPSA) is 87.3 Å². The standard InChI is InChI=1S/C13H24N4O3S/c1-3-12-14-9-13(16-12)21(18,19)15-8-11-4-5-17(10-11)6-7-20-2/h9,11,15H,3-8,10H2,1-2H3,(H,14,16)/t11-/m0/s1. The smallest absolute Gasteiger partial charge is 0.257 e. The van der Waals surface area contributed by atoms with E-state index in [0.29, 0.717) is 31.3 Å². The van der Waals surface area contributed by atoms with Gasteiger partial charge in [0.15, 0.2) is 5.03 Å². The van der Waals surface area contributed by atoms with Gasteiger partial charge in [0.05, 0.1) is 12.8 Å². The highest BCUT2D eigenvalue weighted by molar-refractivity contribution is 7.89. The molecule has 0 aromatic carbocycles. The van der Waals surface area contributed by atoms with Crippen molar-refractivity contribution in [1.29, 1.82) is 0 Å². The molecule has 1 aromatic rings. The van der Waals surface area contributed by atoms with E-state index in [-0.39, 0.29) is 5.03 Å². The zero-order chi connectivity index (χ0) is 15.3. The number of H-pyrrole nitrogens is 1. The minimum Gasteiger partial charge on any atom is -0.383 e. The number of hydrogen-bond acceptors (Lipinski definition) is 5. The van der Waals surface area contributed by atoms with Crippen LogP contribution < -0.4 is 4.72 Å². The molecule has 1 atom stereocenters. The van der Waals surface area contributed by atoms with Crippen LogP contribution in [0.1, 0.15) is 19.2 Å². The molecule has 0 spiro atoms. The second-order valence-electron chi connectivity index (χ2n) is 5.35. The average molecular weight is 316 g/mol. The number of sulfonamides is 1. The van der Waals surface area contributed by atoms with Crippen molar-refractivity contribution in [3.05, 3.63) is 12.0 Å². The van der Waals surface area contributed by atoms with Gasteiger partial charge in [0.25, 0.3) is 10.0 Å². The molecule has 120 valence electrons. The fourth-order valence-electron chi connectivity index (χ4n) is 2.47. The number of nitrogens with one attached hydrogen (secondary N) is 2. The van der Waals surface area contributed by atoms with Crippen LogP contribution in [-0.2, 0) is 21.2 Å². The fourth-order valence-corrected chi connectivity index (χ4v) is 3.52. The SMILES string of the molecule is CCc1ncc(S(=O)(=O)NC[C@@H]2CCN(CCOC)C2)[nH]1. The minimum absolute atomic E-state index is 0.147. The maximum absolute atomic E-state index is 12.2.